The molecule has 7 heteroatoms. The number of benzene rings is 1. The van der Waals surface area contributed by atoms with E-state index in [0.717, 1.165) is 42.1 Å². The molecule has 27 heavy (non-hydrogen) atoms. The van der Waals surface area contributed by atoms with Crippen LogP contribution >= 0.6 is 0 Å². The first-order valence-electron chi connectivity index (χ1n) is 8.87. The molecule has 4 rings (SSSR count). The number of fused-ring (bicyclic) bond motifs is 1. The van der Waals surface area contributed by atoms with E-state index < -0.39 is 0 Å². The Morgan fingerprint density at radius 1 is 1.26 bits per heavy atom. The van der Waals surface area contributed by atoms with Crippen molar-refractivity contribution in [1.29, 1.82) is 0 Å². The number of hydrogen-bond donors (Lipinski definition) is 1. The van der Waals surface area contributed by atoms with Crippen LogP contribution in [0.5, 0.6) is 5.75 Å². The first-order chi connectivity index (χ1) is 13.1. The Morgan fingerprint density at radius 3 is 2.81 bits per heavy atom. The fourth-order valence-electron chi connectivity index (χ4n) is 3.47. The molecule has 1 aliphatic heterocycles. The Hall–Kier alpha value is -3.06. The largest absolute Gasteiger partial charge is 0.496 e. The normalized spacial score (nSPS) is 14.0. The number of methoxy groups -OCH3 is 1. The van der Waals surface area contributed by atoms with Crippen molar-refractivity contribution in [2.45, 2.75) is 26.4 Å². The Bertz CT molecular complexity index is 1020. The lowest BCUT2D eigenvalue weighted by Gasteiger charge is -2.28. The van der Waals surface area contributed by atoms with Crippen molar-refractivity contribution >= 4 is 0 Å². The minimum atomic E-state index is -0.0885. The van der Waals surface area contributed by atoms with Gasteiger partial charge in [-0.2, -0.15) is 0 Å². The summed E-state index contributed by atoms with van der Waals surface area (Å²) >= 11 is 0. The molecule has 0 fully saturated rings. The van der Waals surface area contributed by atoms with E-state index >= 15 is 0 Å². The lowest BCUT2D eigenvalue weighted by atomic mass is 10.0. The van der Waals surface area contributed by atoms with Crippen molar-refractivity contribution in [1.82, 2.24) is 24.8 Å². The highest BCUT2D eigenvalue weighted by Crippen LogP contribution is 2.22. The number of hydrogen-bond acceptors (Lipinski definition) is 6. The molecule has 0 unspecified atom stereocenters. The zero-order valence-corrected chi connectivity index (χ0v) is 15.4. The third-order valence-corrected chi connectivity index (χ3v) is 4.85. The number of H-pyrrole nitrogens is 1. The molecular weight excluding hydrogens is 342 g/mol. The Labute approximate surface area is 157 Å². The van der Waals surface area contributed by atoms with Crippen LogP contribution in [-0.4, -0.2) is 38.5 Å². The van der Waals surface area contributed by atoms with Crippen LogP contribution in [0.4, 0.5) is 0 Å². The number of aromatic nitrogens is 4. The van der Waals surface area contributed by atoms with Gasteiger partial charge in [-0.25, -0.2) is 15.0 Å². The van der Waals surface area contributed by atoms with E-state index in [4.69, 9.17) is 4.74 Å². The van der Waals surface area contributed by atoms with Crippen molar-refractivity contribution in [3.63, 3.8) is 0 Å². The third-order valence-electron chi connectivity index (χ3n) is 4.85. The molecule has 0 bridgehead atoms. The summed E-state index contributed by atoms with van der Waals surface area (Å²) in [5.41, 5.74) is 4.55. The molecule has 3 heterocycles. The van der Waals surface area contributed by atoms with Crippen molar-refractivity contribution in [2.75, 3.05) is 13.7 Å². The van der Waals surface area contributed by atoms with Crippen LogP contribution in [0.2, 0.25) is 0 Å². The number of ether oxygens (including phenoxy) is 1. The average molecular weight is 363 g/mol. The van der Waals surface area contributed by atoms with Crippen molar-refractivity contribution in [3.05, 3.63) is 69.7 Å². The fraction of sp³-hybridized carbons (Fsp3) is 0.300. The summed E-state index contributed by atoms with van der Waals surface area (Å²) in [6.07, 6.45) is 5.51. The van der Waals surface area contributed by atoms with Gasteiger partial charge in [-0.3, -0.25) is 9.69 Å². The van der Waals surface area contributed by atoms with Gasteiger partial charge in [-0.15, -0.1) is 0 Å². The molecule has 0 spiro atoms. The van der Waals surface area contributed by atoms with Gasteiger partial charge in [0.25, 0.3) is 5.56 Å². The van der Waals surface area contributed by atoms with Gasteiger partial charge >= 0.3 is 0 Å². The summed E-state index contributed by atoms with van der Waals surface area (Å²) < 4.78 is 5.32. The zero-order valence-electron chi connectivity index (χ0n) is 15.4. The van der Waals surface area contributed by atoms with Gasteiger partial charge in [-0.05, 0) is 24.1 Å². The van der Waals surface area contributed by atoms with Crippen LogP contribution in [0.15, 0.2) is 41.7 Å². The highest BCUT2D eigenvalue weighted by molar-refractivity contribution is 5.52. The SMILES string of the molecule is COc1ccc(CN2CCc3nc(-c4cncnc4)[nH]c(=O)c3C2)cc1C. The molecule has 2 aromatic heterocycles. The molecule has 3 aromatic rings. The summed E-state index contributed by atoms with van der Waals surface area (Å²) in [7, 11) is 1.68. The molecule has 0 aliphatic carbocycles. The smallest absolute Gasteiger partial charge is 0.255 e. The second-order valence-corrected chi connectivity index (χ2v) is 6.73. The molecule has 7 nitrogen and oxygen atoms in total. The van der Waals surface area contributed by atoms with Crippen LogP contribution in [0, 0.1) is 6.92 Å². The van der Waals surface area contributed by atoms with Crippen molar-refractivity contribution in [3.8, 4) is 17.1 Å². The van der Waals surface area contributed by atoms with E-state index in [9.17, 15) is 4.79 Å². The second kappa shape index (κ2) is 7.28. The maximum absolute atomic E-state index is 12.6. The second-order valence-electron chi connectivity index (χ2n) is 6.73. The number of nitrogens with one attached hydrogen (secondary N) is 1. The molecular formula is C20H21N5O2. The van der Waals surface area contributed by atoms with Crippen LogP contribution in [0.3, 0.4) is 0 Å². The third kappa shape index (κ3) is 3.59. The van der Waals surface area contributed by atoms with Crippen molar-refractivity contribution in [2.24, 2.45) is 0 Å². The van der Waals surface area contributed by atoms with Gasteiger partial charge in [0.2, 0.25) is 0 Å². The highest BCUT2D eigenvalue weighted by atomic mass is 16.5. The molecule has 1 aromatic carbocycles. The predicted molar refractivity (Wildman–Crippen MR) is 101 cm³/mol. The zero-order chi connectivity index (χ0) is 18.8. The van der Waals surface area contributed by atoms with Gasteiger partial charge < -0.3 is 9.72 Å². The molecule has 0 amide bonds. The van der Waals surface area contributed by atoms with E-state index in [1.807, 2.05) is 13.0 Å². The number of aryl methyl sites for hydroxylation is 1. The molecule has 0 atom stereocenters. The minimum Gasteiger partial charge on any atom is -0.496 e. The summed E-state index contributed by atoms with van der Waals surface area (Å²) in [5, 5.41) is 0. The summed E-state index contributed by atoms with van der Waals surface area (Å²) in [6, 6.07) is 6.20. The number of aromatic amines is 1. The Morgan fingerprint density at radius 2 is 2.07 bits per heavy atom. The van der Waals surface area contributed by atoms with E-state index in [0.29, 0.717) is 17.9 Å². The number of rotatable bonds is 4. The monoisotopic (exact) mass is 363 g/mol. The predicted octanol–water partition coefficient (Wildman–Crippen LogP) is 2.10. The van der Waals surface area contributed by atoms with Gasteiger partial charge in [0.1, 0.15) is 17.9 Å². The molecule has 0 saturated heterocycles. The summed E-state index contributed by atoms with van der Waals surface area (Å²) in [4.78, 5) is 30.4. The van der Waals surface area contributed by atoms with Gasteiger partial charge in [0, 0.05) is 38.4 Å². The Kier molecular flexibility index (Phi) is 4.68. The van der Waals surface area contributed by atoms with E-state index in [1.165, 1.54) is 11.9 Å². The lowest BCUT2D eigenvalue weighted by molar-refractivity contribution is 0.241. The highest BCUT2D eigenvalue weighted by Gasteiger charge is 2.21. The van der Waals surface area contributed by atoms with E-state index in [2.05, 4.69) is 37.0 Å². The average Bonchev–Trinajstić information content (AvgIpc) is 2.69. The van der Waals surface area contributed by atoms with Crippen LogP contribution in [-0.2, 0) is 19.5 Å². The van der Waals surface area contributed by atoms with Crippen molar-refractivity contribution < 1.29 is 4.74 Å². The van der Waals surface area contributed by atoms with Gasteiger partial charge in [0.05, 0.1) is 23.9 Å². The first-order valence-corrected chi connectivity index (χ1v) is 8.87. The van der Waals surface area contributed by atoms with Crippen LogP contribution in [0.1, 0.15) is 22.4 Å². The van der Waals surface area contributed by atoms with E-state index in [1.54, 1.807) is 19.5 Å². The molecule has 138 valence electrons. The summed E-state index contributed by atoms with van der Waals surface area (Å²) in [5.74, 6) is 1.42. The van der Waals surface area contributed by atoms with Crippen LogP contribution in [0.25, 0.3) is 11.4 Å². The number of nitrogens with zero attached hydrogens (tertiary/aromatic N) is 4. The van der Waals surface area contributed by atoms with E-state index in [-0.39, 0.29) is 5.56 Å². The minimum absolute atomic E-state index is 0.0885. The topological polar surface area (TPSA) is 84.0 Å². The molecule has 0 radical (unpaired) electrons. The van der Waals surface area contributed by atoms with Crippen LogP contribution < -0.4 is 10.3 Å². The molecule has 1 N–H and O–H groups in total. The van der Waals surface area contributed by atoms with Gasteiger partial charge in [0.15, 0.2) is 0 Å². The molecule has 0 saturated carbocycles. The van der Waals surface area contributed by atoms with Gasteiger partial charge in [-0.1, -0.05) is 12.1 Å². The maximum Gasteiger partial charge on any atom is 0.255 e. The maximum atomic E-state index is 12.6. The standard InChI is InChI=1S/C20H21N5O2/c1-13-7-14(3-4-18(13)27-2)10-25-6-5-17-16(11-25)20(26)24-19(23-17)15-8-21-12-22-9-15/h3-4,7-9,12H,5-6,10-11H2,1-2H3,(H,23,24,26). The first kappa shape index (κ1) is 17.4. The summed E-state index contributed by atoms with van der Waals surface area (Å²) in [6.45, 7) is 4.28. The lowest BCUT2D eigenvalue weighted by Crippen LogP contribution is -2.35. The molecule has 1 aliphatic rings. The Balaban J connectivity index is 1.55. The fourth-order valence-corrected chi connectivity index (χ4v) is 3.47. The quantitative estimate of drug-likeness (QED) is 0.764.